The van der Waals surface area contributed by atoms with Crippen LogP contribution in [0.2, 0.25) is 0 Å². The number of ether oxygens (including phenoxy) is 3. The second kappa shape index (κ2) is 10.7. The molecule has 1 heterocycles. The third-order valence-corrected chi connectivity index (χ3v) is 4.59. The number of hydrazone groups is 1. The molecule has 0 bridgehead atoms. The van der Waals surface area contributed by atoms with Crippen LogP contribution in [-0.2, 0) is 11.3 Å². The number of methoxy groups -OCH3 is 2. The second-order valence-electron chi connectivity index (χ2n) is 6.87. The molecule has 34 heavy (non-hydrogen) atoms. The predicted molar refractivity (Wildman–Crippen MR) is 120 cm³/mol. The number of benzene rings is 2. The van der Waals surface area contributed by atoms with E-state index in [-0.39, 0.29) is 18.0 Å². The Bertz CT molecular complexity index is 1230. The van der Waals surface area contributed by atoms with Gasteiger partial charge >= 0.3 is 11.7 Å². The van der Waals surface area contributed by atoms with Crippen LogP contribution in [0.5, 0.6) is 17.2 Å². The lowest BCUT2D eigenvalue weighted by molar-refractivity contribution is -0.385. The minimum absolute atomic E-state index is 0.212. The smallest absolute Gasteiger partial charge is 0.343 e. The van der Waals surface area contributed by atoms with Gasteiger partial charge in [0.25, 0.3) is 5.91 Å². The molecule has 0 saturated carbocycles. The van der Waals surface area contributed by atoms with Crippen molar-refractivity contribution in [2.24, 2.45) is 5.10 Å². The van der Waals surface area contributed by atoms with Crippen LogP contribution in [0.15, 0.2) is 60.0 Å². The van der Waals surface area contributed by atoms with E-state index in [4.69, 9.17) is 14.2 Å². The molecule has 176 valence electrons. The quantitative estimate of drug-likeness (QED) is 0.166. The van der Waals surface area contributed by atoms with Crippen LogP contribution in [0.3, 0.4) is 0 Å². The number of nitro groups is 1. The van der Waals surface area contributed by atoms with E-state index in [9.17, 15) is 19.7 Å². The number of rotatable bonds is 9. The van der Waals surface area contributed by atoms with Crippen molar-refractivity contribution >= 4 is 23.3 Å². The molecule has 0 spiro atoms. The SMILES string of the molecule is COc1ccc(C(=O)Oc2ccc(/C(C)=N/NC(=O)Cn3cc([N+](=O)[O-])cn3)cc2OC)cc1. The predicted octanol–water partition coefficient (Wildman–Crippen LogP) is 2.57. The molecule has 1 aromatic heterocycles. The molecule has 2 aromatic carbocycles. The number of carbonyl (C=O) groups excluding carboxylic acids is 2. The van der Waals surface area contributed by atoms with Gasteiger partial charge < -0.3 is 14.2 Å². The highest BCUT2D eigenvalue weighted by molar-refractivity contribution is 6.00. The van der Waals surface area contributed by atoms with E-state index < -0.39 is 16.8 Å². The Morgan fingerprint density at radius 3 is 2.41 bits per heavy atom. The molecule has 12 heteroatoms. The minimum Gasteiger partial charge on any atom is -0.497 e. The van der Waals surface area contributed by atoms with Gasteiger partial charge in [-0.15, -0.1) is 0 Å². The van der Waals surface area contributed by atoms with Crippen molar-refractivity contribution in [3.05, 3.63) is 76.1 Å². The average molecular weight is 467 g/mol. The van der Waals surface area contributed by atoms with Crippen molar-refractivity contribution in [1.82, 2.24) is 15.2 Å². The fourth-order valence-corrected chi connectivity index (χ4v) is 2.79. The maximum absolute atomic E-state index is 12.4. The molecule has 0 aliphatic carbocycles. The van der Waals surface area contributed by atoms with E-state index in [1.54, 1.807) is 49.4 Å². The molecular formula is C22H21N5O7. The number of esters is 1. The van der Waals surface area contributed by atoms with Gasteiger partial charge in [0.05, 0.1) is 30.4 Å². The van der Waals surface area contributed by atoms with Crippen molar-refractivity contribution < 1.29 is 28.7 Å². The lowest BCUT2D eigenvalue weighted by Gasteiger charge is -2.11. The van der Waals surface area contributed by atoms with Gasteiger partial charge in [-0.05, 0) is 49.4 Å². The van der Waals surface area contributed by atoms with Crippen LogP contribution in [0.25, 0.3) is 0 Å². The largest absolute Gasteiger partial charge is 0.497 e. The fraction of sp³-hybridized carbons (Fsp3) is 0.182. The monoisotopic (exact) mass is 467 g/mol. The highest BCUT2D eigenvalue weighted by Crippen LogP contribution is 2.29. The summed E-state index contributed by atoms with van der Waals surface area (Å²) in [5, 5.41) is 18.5. The summed E-state index contributed by atoms with van der Waals surface area (Å²) in [4.78, 5) is 34.6. The Labute approximate surface area is 193 Å². The molecule has 12 nitrogen and oxygen atoms in total. The second-order valence-corrected chi connectivity index (χ2v) is 6.87. The first-order chi connectivity index (χ1) is 16.3. The van der Waals surface area contributed by atoms with Gasteiger partial charge in [0.15, 0.2) is 11.5 Å². The summed E-state index contributed by atoms with van der Waals surface area (Å²) in [5.41, 5.74) is 3.55. The molecule has 3 aromatic rings. The van der Waals surface area contributed by atoms with Crippen LogP contribution in [-0.4, -0.2) is 46.5 Å². The number of nitrogens with one attached hydrogen (secondary N) is 1. The summed E-state index contributed by atoms with van der Waals surface area (Å²) in [6, 6.07) is 11.3. The Kier molecular flexibility index (Phi) is 7.54. The van der Waals surface area contributed by atoms with E-state index >= 15 is 0 Å². The molecule has 0 aliphatic rings. The van der Waals surface area contributed by atoms with Crippen LogP contribution < -0.4 is 19.6 Å². The fourth-order valence-electron chi connectivity index (χ4n) is 2.79. The van der Waals surface area contributed by atoms with E-state index in [0.717, 1.165) is 17.1 Å². The maximum Gasteiger partial charge on any atom is 0.343 e. The first-order valence-electron chi connectivity index (χ1n) is 9.85. The Balaban J connectivity index is 1.65. The van der Waals surface area contributed by atoms with E-state index in [2.05, 4.69) is 15.6 Å². The van der Waals surface area contributed by atoms with Gasteiger partial charge in [0.2, 0.25) is 0 Å². The number of hydrogen-bond acceptors (Lipinski definition) is 9. The zero-order valence-electron chi connectivity index (χ0n) is 18.5. The molecule has 0 aliphatic heterocycles. The Hall–Kier alpha value is -4.74. The van der Waals surface area contributed by atoms with Crippen LogP contribution in [0, 0.1) is 10.1 Å². The van der Waals surface area contributed by atoms with Crippen molar-refractivity contribution in [3.8, 4) is 17.2 Å². The molecule has 0 atom stereocenters. The number of nitrogens with zero attached hydrogens (tertiary/aromatic N) is 4. The molecular weight excluding hydrogens is 446 g/mol. The van der Waals surface area contributed by atoms with Crippen LogP contribution in [0.4, 0.5) is 5.69 Å². The van der Waals surface area contributed by atoms with E-state index in [1.165, 1.54) is 14.2 Å². The van der Waals surface area contributed by atoms with Gasteiger partial charge in [0.1, 0.15) is 24.7 Å². The zero-order valence-corrected chi connectivity index (χ0v) is 18.5. The number of carbonyl (C=O) groups is 2. The van der Waals surface area contributed by atoms with Crippen molar-refractivity contribution in [1.29, 1.82) is 0 Å². The number of aromatic nitrogens is 2. The highest BCUT2D eigenvalue weighted by Gasteiger charge is 2.15. The number of hydrogen-bond donors (Lipinski definition) is 1. The van der Waals surface area contributed by atoms with Gasteiger partial charge in [-0.3, -0.25) is 19.6 Å². The van der Waals surface area contributed by atoms with Crippen molar-refractivity contribution in [2.75, 3.05) is 14.2 Å². The Morgan fingerprint density at radius 1 is 1.09 bits per heavy atom. The lowest BCUT2D eigenvalue weighted by Crippen LogP contribution is -2.24. The molecule has 0 saturated heterocycles. The molecule has 1 amide bonds. The summed E-state index contributed by atoms with van der Waals surface area (Å²) in [6.45, 7) is 1.42. The van der Waals surface area contributed by atoms with Gasteiger partial charge in [-0.25, -0.2) is 10.2 Å². The molecule has 0 unspecified atom stereocenters. The summed E-state index contributed by atoms with van der Waals surface area (Å²) in [7, 11) is 2.96. The highest BCUT2D eigenvalue weighted by atomic mass is 16.6. The average Bonchev–Trinajstić information content (AvgIpc) is 3.31. The standard InChI is InChI=1S/C22H21N5O7/c1-14(24-25-21(28)13-26-12-17(11-23-26)27(30)31)16-6-9-19(20(10-16)33-3)34-22(29)15-4-7-18(32-2)8-5-15/h4-12H,13H2,1-3H3,(H,25,28)/b24-14+. The summed E-state index contributed by atoms with van der Waals surface area (Å²) >= 11 is 0. The molecule has 1 N–H and O–H groups in total. The molecule has 3 rings (SSSR count). The van der Waals surface area contributed by atoms with Gasteiger partial charge in [-0.2, -0.15) is 10.2 Å². The Morgan fingerprint density at radius 2 is 1.79 bits per heavy atom. The summed E-state index contributed by atoms with van der Waals surface area (Å²) < 4.78 is 17.0. The maximum atomic E-state index is 12.4. The van der Waals surface area contributed by atoms with E-state index in [0.29, 0.717) is 28.3 Å². The number of amides is 1. The summed E-state index contributed by atoms with van der Waals surface area (Å²) in [6.07, 6.45) is 2.20. The lowest BCUT2D eigenvalue weighted by atomic mass is 10.1. The molecule has 0 fully saturated rings. The minimum atomic E-state index is -0.602. The third kappa shape index (κ3) is 5.94. The van der Waals surface area contributed by atoms with Crippen LogP contribution >= 0.6 is 0 Å². The van der Waals surface area contributed by atoms with Crippen molar-refractivity contribution in [3.63, 3.8) is 0 Å². The first-order valence-corrected chi connectivity index (χ1v) is 9.85. The zero-order chi connectivity index (χ0) is 24.7. The van der Waals surface area contributed by atoms with Gasteiger partial charge in [-0.1, -0.05) is 0 Å². The van der Waals surface area contributed by atoms with Crippen molar-refractivity contribution in [2.45, 2.75) is 13.5 Å². The topological polar surface area (TPSA) is 147 Å². The molecule has 0 radical (unpaired) electrons. The van der Waals surface area contributed by atoms with Gasteiger partial charge in [0, 0.05) is 5.56 Å². The van der Waals surface area contributed by atoms with Crippen LogP contribution in [0.1, 0.15) is 22.8 Å². The first kappa shape index (κ1) is 23.9. The van der Waals surface area contributed by atoms with E-state index in [1.807, 2.05) is 0 Å². The summed E-state index contributed by atoms with van der Waals surface area (Å²) in [5.74, 6) is 0.0408. The normalized spacial score (nSPS) is 11.0. The third-order valence-electron chi connectivity index (χ3n) is 4.59.